The number of hydrogen-bond acceptors (Lipinski definition) is 5. The van der Waals surface area contributed by atoms with Gasteiger partial charge in [-0.15, -0.1) is 0 Å². The first-order valence-electron chi connectivity index (χ1n) is 7.14. The van der Waals surface area contributed by atoms with Gasteiger partial charge in [-0.2, -0.15) is 0 Å². The third-order valence-electron chi connectivity index (χ3n) is 3.68. The van der Waals surface area contributed by atoms with E-state index in [1.807, 2.05) is 13.8 Å². The quantitative estimate of drug-likeness (QED) is 0.586. The Morgan fingerprint density at radius 1 is 1.16 bits per heavy atom. The Bertz CT molecular complexity index is 401. The van der Waals surface area contributed by atoms with E-state index in [9.17, 15) is 0 Å². The molecule has 0 bridgehead atoms. The molecule has 0 unspecified atom stereocenters. The van der Waals surface area contributed by atoms with Crippen LogP contribution in [0.4, 0.5) is 11.6 Å². The highest BCUT2D eigenvalue weighted by Crippen LogP contribution is 2.24. The predicted molar refractivity (Wildman–Crippen MR) is 81.3 cm³/mol. The molecule has 5 nitrogen and oxygen atoms in total. The van der Waals surface area contributed by atoms with Crippen molar-refractivity contribution in [1.82, 2.24) is 9.97 Å². The zero-order valence-corrected chi connectivity index (χ0v) is 12.8. The molecule has 19 heavy (non-hydrogen) atoms. The van der Waals surface area contributed by atoms with Crippen LogP contribution in [0.25, 0.3) is 0 Å². The molecule has 0 aromatic carbocycles. The van der Waals surface area contributed by atoms with Crippen molar-refractivity contribution in [3.8, 4) is 0 Å². The fraction of sp³-hybridized carbons (Fsp3) is 0.714. The average Bonchev–Trinajstić information content (AvgIpc) is 2.43. The van der Waals surface area contributed by atoms with Crippen molar-refractivity contribution in [3.63, 3.8) is 0 Å². The summed E-state index contributed by atoms with van der Waals surface area (Å²) in [5.74, 6) is 8.68. The Labute approximate surface area is 116 Å². The highest BCUT2D eigenvalue weighted by atomic mass is 15.3. The van der Waals surface area contributed by atoms with Crippen LogP contribution in [0.1, 0.15) is 45.0 Å². The summed E-state index contributed by atoms with van der Waals surface area (Å²) in [5.41, 5.74) is 3.67. The zero-order valence-electron chi connectivity index (χ0n) is 12.8. The van der Waals surface area contributed by atoms with Gasteiger partial charge < -0.3 is 10.3 Å². The van der Waals surface area contributed by atoms with Crippen LogP contribution in [0, 0.1) is 19.8 Å². The zero-order chi connectivity index (χ0) is 14.4. The van der Waals surface area contributed by atoms with Crippen LogP contribution < -0.4 is 16.2 Å². The maximum absolute atomic E-state index is 5.52. The van der Waals surface area contributed by atoms with Crippen LogP contribution in [-0.4, -0.2) is 23.1 Å². The number of aryl methyl sites for hydroxylation is 1. The Morgan fingerprint density at radius 3 is 2.26 bits per heavy atom. The van der Waals surface area contributed by atoms with Gasteiger partial charge in [-0.05, 0) is 26.7 Å². The first-order chi connectivity index (χ1) is 9.07. The number of hydrogen-bond donors (Lipinski definition) is 2. The number of nitrogens with one attached hydrogen (secondary N) is 1. The van der Waals surface area contributed by atoms with Gasteiger partial charge in [0.1, 0.15) is 17.5 Å². The molecule has 108 valence electrons. The highest BCUT2D eigenvalue weighted by Gasteiger charge is 2.16. The largest absolute Gasteiger partial charge is 0.356 e. The summed E-state index contributed by atoms with van der Waals surface area (Å²) in [5, 5.41) is 0. The van der Waals surface area contributed by atoms with Gasteiger partial charge in [0.15, 0.2) is 0 Å². The second kappa shape index (κ2) is 7.28. The standard InChI is InChI=1S/C14H27N5/c1-6-12(7-2)9-19(8-3)14-10(4)13(18-15)16-11(5)17-14/h12H,6-9,15H2,1-5H3,(H,16,17,18). The van der Waals surface area contributed by atoms with Crippen molar-refractivity contribution < 1.29 is 0 Å². The van der Waals surface area contributed by atoms with Crippen molar-refractivity contribution in [2.45, 2.75) is 47.5 Å². The third kappa shape index (κ3) is 3.80. The summed E-state index contributed by atoms with van der Waals surface area (Å²) >= 11 is 0. The lowest BCUT2D eigenvalue weighted by molar-refractivity contribution is 0.484. The minimum atomic E-state index is 0.698. The van der Waals surface area contributed by atoms with Crippen molar-refractivity contribution in [3.05, 3.63) is 11.4 Å². The smallest absolute Gasteiger partial charge is 0.148 e. The van der Waals surface area contributed by atoms with Crippen LogP contribution >= 0.6 is 0 Å². The number of nitrogens with zero attached hydrogens (tertiary/aromatic N) is 3. The van der Waals surface area contributed by atoms with E-state index in [4.69, 9.17) is 5.84 Å². The lowest BCUT2D eigenvalue weighted by atomic mass is 10.0. The van der Waals surface area contributed by atoms with Crippen molar-refractivity contribution in [2.75, 3.05) is 23.4 Å². The number of nitrogen functional groups attached to an aromatic ring is 1. The Morgan fingerprint density at radius 2 is 1.79 bits per heavy atom. The third-order valence-corrected chi connectivity index (χ3v) is 3.68. The minimum absolute atomic E-state index is 0.698. The summed E-state index contributed by atoms with van der Waals surface area (Å²) < 4.78 is 0. The van der Waals surface area contributed by atoms with Gasteiger partial charge in [0.25, 0.3) is 0 Å². The van der Waals surface area contributed by atoms with Gasteiger partial charge in [0, 0.05) is 18.7 Å². The van der Waals surface area contributed by atoms with E-state index in [0.717, 1.165) is 30.3 Å². The maximum atomic E-state index is 5.52. The number of aromatic nitrogens is 2. The van der Waals surface area contributed by atoms with E-state index in [2.05, 4.69) is 41.1 Å². The summed E-state index contributed by atoms with van der Waals surface area (Å²) in [6.07, 6.45) is 2.39. The molecule has 0 fully saturated rings. The SMILES string of the molecule is CCC(CC)CN(CC)c1nc(C)nc(NN)c1C. The molecule has 0 aliphatic carbocycles. The molecule has 0 aliphatic heterocycles. The molecular weight excluding hydrogens is 238 g/mol. The van der Waals surface area contributed by atoms with E-state index in [1.54, 1.807) is 0 Å². The molecule has 0 atom stereocenters. The van der Waals surface area contributed by atoms with Crippen LogP contribution in [0.5, 0.6) is 0 Å². The monoisotopic (exact) mass is 265 g/mol. The molecular formula is C14H27N5. The molecule has 1 rings (SSSR count). The summed E-state index contributed by atoms with van der Waals surface area (Å²) in [4.78, 5) is 11.2. The highest BCUT2D eigenvalue weighted by molar-refractivity contribution is 5.58. The second-order valence-electron chi connectivity index (χ2n) is 4.93. The maximum Gasteiger partial charge on any atom is 0.148 e. The van der Waals surface area contributed by atoms with E-state index in [-0.39, 0.29) is 0 Å². The Hall–Kier alpha value is -1.36. The molecule has 0 saturated carbocycles. The lowest BCUT2D eigenvalue weighted by Gasteiger charge is -2.28. The van der Waals surface area contributed by atoms with Crippen LogP contribution in [-0.2, 0) is 0 Å². The van der Waals surface area contributed by atoms with Crippen LogP contribution in [0.2, 0.25) is 0 Å². The van der Waals surface area contributed by atoms with Gasteiger partial charge in [-0.3, -0.25) is 0 Å². The molecule has 0 saturated heterocycles. The summed E-state index contributed by atoms with van der Waals surface area (Å²) in [7, 11) is 0. The normalized spacial score (nSPS) is 10.9. The van der Waals surface area contributed by atoms with Crippen molar-refractivity contribution >= 4 is 11.6 Å². The first kappa shape index (κ1) is 15.7. The molecule has 3 N–H and O–H groups in total. The Kier molecular flexibility index (Phi) is 6.02. The van der Waals surface area contributed by atoms with E-state index >= 15 is 0 Å². The van der Waals surface area contributed by atoms with E-state index in [0.29, 0.717) is 11.7 Å². The number of rotatable bonds is 7. The van der Waals surface area contributed by atoms with Crippen LogP contribution in [0.3, 0.4) is 0 Å². The van der Waals surface area contributed by atoms with E-state index < -0.39 is 0 Å². The molecule has 0 spiro atoms. The fourth-order valence-corrected chi connectivity index (χ4v) is 2.29. The predicted octanol–water partition coefficient (Wildman–Crippen LogP) is 2.64. The fourth-order valence-electron chi connectivity index (χ4n) is 2.29. The number of anilines is 2. The molecule has 0 amide bonds. The molecule has 1 heterocycles. The first-order valence-corrected chi connectivity index (χ1v) is 7.14. The minimum Gasteiger partial charge on any atom is -0.356 e. The molecule has 5 heteroatoms. The Balaban J connectivity index is 3.07. The van der Waals surface area contributed by atoms with Gasteiger partial charge in [0.2, 0.25) is 0 Å². The molecule has 1 aromatic rings. The van der Waals surface area contributed by atoms with Crippen LogP contribution in [0.15, 0.2) is 0 Å². The number of nitrogens with two attached hydrogens (primary N) is 1. The molecule has 1 aromatic heterocycles. The van der Waals surface area contributed by atoms with Gasteiger partial charge in [0.05, 0.1) is 0 Å². The topological polar surface area (TPSA) is 67.1 Å². The molecule has 0 radical (unpaired) electrons. The average molecular weight is 265 g/mol. The summed E-state index contributed by atoms with van der Waals surface area (Å²) in [6.45, 7) is 12.5. The van der Waals surface area contributed by atoms with Crippen molar-refractivity contribution in [2.24, 2.45) is 11.8 Å². The molecule has 0 aliphatic rings. The summed E-state index contributed by atoms with van der Waals surface area (Å²) in [6, 6.07) is 0. The van der Waals surface area contributed by atoms with Gasteiger partial charge in [-0.1, -0.05) is 26.7 Å². The van der Waals surface area contributed by atoms with E-state index in [1.165, 1.54) is 12.8 Å². The lowest BCUT2D eigenvalue weighted by Crippen LogP contribution is -2.31. The van der Waals surface area contributed by atoms with Gasteiger partial charge >= 0.3 is 0 Å². The van der Waals surface area contributed by atoms with Gasteiger partial charge in [-0.25, -0.2) is 15.8 Å². The number of hydrazine groups is 1. The van der Waals surface area contributed by atoms with Crippen molar-refractivity contribution in [1.29, 1.82) is 0 Å². The second-order valence-corrected chi connectivity index (χ2v) is 4.93.